The first-order valence-electron chi connectivity index (χ1n) is 15.0. The second-order valence-corrected chi connectivity index (χ2v) is 12.6. The van der Waals surface area contributed by atoms with Gasteiger partial charge in [-0.25, -0.2) is 14.4 Å². The van der Waals surface area contributed by atoms with Crippen molar-refractivity contribution >= 4 is 80.6 Å². The van der Waals surface area contributed by atoms with Gasteiger partial charge in [-0.15, -0.1) is 11.3 Å². The van der Waals surface area contributed by atoms with Crippen LogP contribution >= 0.6 is 11.3 Å². The smallest absolute Gasteiger partial charge is 0.152 e. The van der Waals surface area contributed by atoms with Crippen molar-refractivity contribution in [2.24, 2.45) is 0 Å². The van der Waals surface area contributed by atoms with Crippen molar-refractivity contribution in [2.45, 2.75) is 6.17 Å². The van der Waals surface area contributed by atoms with Crippen molar-refractivity contribution in [1.82, 2.24) is 18.9 Å². The lowest BCUT2D eigenvalue weighted by atomic mass is 9.95. The van der Waals surface area contributed by atoms with Crippen molar-refractivity contribution in [2.75, 3.05) is 0 Å². The fourth-order valence-corrected chi connectivity index (χ4v) is 8.46. The Morgan fingerprint density at radius 3 is 2.24 bits per heavy atom. The maximum atomic E-state index is 17.4. The number of pyridine rings is 2. The molecule has 0 radical (unpaired) electrons. The molecule has 4 nitrogen and oxygen atoms in total. The van der Waals surface area contributed by atoms with Crippen LogP contribution in [0.2, 0.25) is 0 Å². The number of fused-ring (bicyclic) bond motifs is 13. The van der Waals surface area contributed by atoms with Crippen LogP contribution in [0, 0.1) is 0 Å². The molecule has 10 aromatic rings. The van der Waals surface area contributed by atoms with Crippen molar-refractivity contribution in [3.63, 3.8) is 0 Å². The molecule has 0 aliphatic rings. The monoisotopic (exact) mass is 598 g/mol. The topological polar surface area (TPSA) is 35.1 Å². The number of halogens is 1. The highest BCUT2D eigenvalue weighted by molar-refractivity contribution is 7.26. The third-order valence-electron chi connectivity index (χ3n) is 9.13. The molecule has 0 amide bonds. The Balaban J connectivity index is 1.31. The average molecular weight is 599 g/mol. The van der Waals surface area contributed by atoms with Gasteiger partial charge in [0.05, 0.1) is 16.6 Å². The van der Waals surface area contributed by atoms with Gasteiger partial charge in [-0.1, -0.05) is 72.8 Å². The van der Waals surface area contributed by atoms with E-state index in [4.69, 9.17) is 9.97 Å². The van der Waals surface area contributed by atoms with Gasteiger partial charge in [0.1, 0.15) is 11.5 Å². The van der Waals surface area contributed by atoms with Gasteiger partial charge in [-0.3, -0.25) is 8.97 Å². The van der Waals surface area contributed by atoms with Crippen LogP contribution in [0.5, 0.6) is 0 Å². The highest BCUT2D eigenvalue weighted by atomic mass is 32.1. The number of para-hydroxylation sites is 2. The number of hydrogen-bond acceptors (Lipinski definition) is 3. The summed E-state index contributed by atoms with van der Waals surface area (Å²) in [5.41, 5.74) is 5.19. The van der Waals surface area contributed by atoms with E-state index < -0.39 is 6.17 Å². The van der Waals surface area contributed by atoms with Crippen LogP contribution in [-0.4, -0.2) is 18.9 Å². The zero-order valence-electron chi connectivity index (χ0n) is 23.9. The van der Waals surface area contributed by atoms with Crippen molar-refractivity contribution in [1.29, 1.82) is 0 Å². The normalized spacial score (nSPS) is 12.9. The van der Waals surface area contributed by atoms with Gasteiger partial charge >= 0.3 is 0 Å². The lowest BCUT2D eigenvalue weighted by molar-refractivity contribution is 0.405. The largest absolute Gasteiger partial charge is 0.299 e. The van der Waals surface area contributed by atoms with Gasteiger partial charge in [-0.2, -0.15) is 0 Å². The van der Waals surface area contributed by atoms with Crippen molar-refractivity contribution < 1.29 is 4.39 Å². The molecular formula is C39H23FN4S. The van der Waals surface area contributed by atoms with Crippen LogP contribution in [0.15, 0.2) is 134 Å². The number of thiophene rings is 1. The fourth-order valence-electron chi connectivity index (χ4n) is 7.22. The van der Waals surface area contributed by atoms with Gasteiger partial charge in [0.25, 0.3) is 0 Å². The number of aromatic nitrogens is 4. The molecule has 0 fully saturated rings. The molecular weight excluding hydrogens is 576 g/mol. The van der Waals surface area contributed by atoms with Crippen LogP contribution in [0.1, 0.15) is 17.3 Å². The highest BCUT2D eigenvalue weighted by Crippen LogP contribution is 2.48. The van der Waals surface area contributed by atoms with E-state index in [9.17, 15) is 0 Å². The minimum atomic E-state index is -1.36. The quantitative estimate of drug-likeness (QED) is 0.190. The molecule has 1 atom stereocenters. The number of alkyl halides is 1. The summed E-state index contributed by atoms with van der Waals surface area (Å²) in [6, 6.07) is 39.1. The summed E-state index contributed by atoms with van der Waals surface area (Å²) in [6.45, 7) is 0. The summed E-state index contributed by atoms with van der Waals surface area (Å²) in [7, 11) is 0. The van der Waals surface area contributed by atoms with E-state index in [1.54, 1.807) is 11.3 Å². The van der Waals surface area contributed by atoms with Crippen LogP contribution in [-0.2, 0) is 0 Å². The first-order chi connectivity index (χ1) is 22.3. The maximum Gasteiger partial charge on any atom is 0.152 e. The molecule has 45 heavy (non-hydrogen) atoms. The molecule has 6 heteroatoms. The Morgan fingerprint density at radius 1 is 0.600 bits per heavy atom. The lowest BCUT2D eigenvalue weighted by Crippen LogP contribution is -1.99. The minimum absolute atomic E-state index is 0.612. The van der Waals surface area contributed by atoms with Crippen LogP contribution in [0.4, 0.5) is 4.39 Å². The van der Waals surface area contributed by atoms with E-state index in [1.807, 2.05) is 61.1 Å². The van der Waals surface area contributed by atoms with Crippen LogP contribution in [0.3, 0.4) is 0 Å². The van der Waals surface area contributed by atoms with Gasteiger partial charge < -0.3 is 0 Å². The van der Waals surface area contributed by atoms with Crippen molar-refractivity contribution in [3.05, 3.63) is 145 Å². The van der Waals surface area contributed by atoms with Gasteiger partial charge in [0.15, 0.2) is 6.17 Å². The Labute approximate surface area is 260 Å². The summed E-state index contributed by atoms with van der Waals surface area (Å²) in [6.07, 6.45) is 4.24. The second kappa shape index (κ2) is 9.21. The zero-order valence-corrected chi connectivity index (χ0v) is 24.7. The van der Waals surface area contributed by atoms with Gasteiger partial charge in [0.2, 0.25) is 0 Å². The predicted molar refractivity (Wildman–Crippen MR) is 185 cm³/mol. The Kier molecular flexibility index (Phi) is 5.08. The number of nitrogens with zero attached hydrogens (tertiary/aromatic N) is 4. The number of hydrogen-bond donors (Lipinski definition) is 0. The van der Waals surface area contributed by atoms with E-state index in [2.05, 4.69) is 81.8 Å². The van der Waals surface area contributed by atoms with E-state index in [1.165, 1.54) is 0 Å². The first-order valence-corrected chi connectivity index (χ1v) is 15.8. The van der Waals surface area contributed by atoms with Gasteiger partial charge in [0, 0.05) is 65.9 Å². The van der Waals surface area contributed by atoms with Crippen LogP contribution in [0.25, 0.3) is 75.1 Å². The first kappa shape index (κ1) is 24.8. The molecule has 1 unspecified atom stereocenters. The molecule has 0 N–H and O–H groups in total. The molecule has 0 bridgehead atoms. The maximum absolute atomic E-state index is 17.4. The minimum Gasteiger partial charge on any atom is -0.299 e. The predicted octanol–water partition coefficient (Wildman–Crippen LogP) is 10.6. The lowest BCUT2D eigenvalue weighted by Gasteiger charge is -2.15. The molecule has 0 aliphatic carbocycles. The summed E-state index contributed by atoms with van der Waals surface area (Å²) in [4.78, 5) is 9.42. The number of imidazole rings is 1. The van der Waals surface area contributed by atoms with Crippen molar-refractivity contribution in [3.8, 4) is 5.82 Å². The third-order valence-corrected chi connectivity index (χ3v) is 10.4. The second-order valence-electron chi connectivity index (χ2n) is 11.5. The molecule has 0 spiro atoms. The summed E-state index contributed by atoms with van der Waals surface area (Å²) < 4.78 is 23.8. The fraction of sp³-hybridized carbons (Fsp3) is 0.0256. The zero-order chi connectivity index (χ0) is 29.6. The molecule has 0 saturated heterocycles. The van der Waals surface area contributed by atoms with Crippen LogP contribution < -0.4 is 0 Å². The Morgan fingerprint density at radius 2 is 1.38 bits per heavy atom. The van der Waals surface area contributed by atoms with E-state index >= 15 is 4.39 Å². The molecule has 0 aliphatic heterocycles. The number of rotatable bonds is 3. The standard InChI is InChI=1S/C39H23FN4S/c40-37(23-16-17-24-25-9-1-4-12-30(25)43-20-19-42-39(43)28(24)21-23)29-22-32-35(36-27-11-3-6-14-33(27)45-38(29)36)26-10-2-5-13-31(26)44(32)34-15-7-8-18-41-34/h1-22,37H. The Hall–Kier alpha value is -5.59. The third kappa shape index (κ3) is 3.40. The SMILES string of the molecule is FC(c1ccc2c3ccccc3n3ccnc3c2c1)c1cc2c(c3ccccc3n2-c2ccccn2)c2c1sc1ccccc12. The van der Waals surface area contributed by atoms with E-state index in [0.29, 0.717) is 11.1 Å². The molecule has 5 heterocycles. The van der Waals surface area contributed by atoms with Gasteiger partial charge in [-0.05, 0) is 53.4 Å². The summed E-state index contributed by atoms with van der Waals surface area (Å²) >= 11 is 1.67. The average Bonchev–Trinajstić information content (AvgIpc) is 3.82. The number of benzene rings is 5. The van der Waals surface area contributed by atoms with E-state index in [-0.39, 0.29) is 0 Å². The summed E-state index contributed by atoms with van der Waals surface area (Å²) in [5.74, 6) is 0.809. The molecule has 5 aromatic heterocycles. The molecule has 10 rings (SSSR count). The molecule has 212 valence electrons. The molecule has 5 aromatic carbocycles. The Bertz CT molecular complexity index is 2790. The molecule has 0 saturated carbocycles. The summed E-state index contributed by atoms with van der Waals surface area (Å²) in [5, 5.41) is 7.63. The van der Waals surface area contributed by atoms with E-state index in [0.717, 1.165) is 75.1 Å². The highest BCUT2D eigenvalue weighted by Gasteiger charge is 2.25.